The summed E-state index contributed by atoms with van der Waals surface area (Å²) in [6.45, 7) is 2.32. The number of halogens is 2. The standard InChI is InChI=1S/C14H20BrN3O2S.ClH/c15-12-8-13(10-16-9-12)21(19,20)18-6-3-11(4-7-18)14-2-1-5-17-14;/h8-11,14,17H,1-7H2;1H. The highest BCUT2D eigenvalue weighted by Gasteiger charge is 2.33. The Hall–Kier alpha value is -0.210. The second-order valence-corrected chi connectivity index (χ2v) is 8.64. The molecule has 2 aliphatic heterocycles. The van der Waals surface area contributed by atoms with Crippen LogP contribution >= 0.6 is 28.3 Å². The Morgan fingerprint density at radius 2 is 1.95 bits per heavy atom. The van der Waals surface area contributed by atoms with Crippen LogP contribution in [0.1, 0.15) is 25.7 Å². The van der Waals surface area contributed by atoms with E-state index in [0.717, 1.165) is 19.4 Å². The molecule has 3 rings (SSSR count). The van der Waals surface area contributed by atoms with Gasteiger partial charge >= 0.3 is 0 Å². The van der Waals surface area contributed by atoms with Crippen molar-refractivity contribution in [2.24, 2.45) is 5.92 Å². The van der Waals surface area contributed by atoms with E-state index in [0.29, 0.717) is 29.5 Å². The van der Waals surface area contributed by atoms with Gasteiger partial charge in [0, 0.05) is 36.0 Å². The summed E-state index contributed by atoms with van der Waals surface area (Å²) in [4.78, 5) is 4.23. The molecule has 1 aromatic rings. The van der Waals surface area contributed by atoms with Gasteiger partial charge in [0.15, 0.2) is 0 Å². The van der Waals surface area contributed by atoms with Gasteiger partial charge in [0.05, 0.1) is 0 Å². The lowest BCUT2D eigenvalue weighted by Gasteiger charge is -2.34. The van der Waals surface area contributed by atoms with Crippen molar-refractivity contribution in [2.45, 2.75) is 36.6 Å². The maximum Gasteiger partial charge on any atom is 0.244 e. The van der Waals surface area contributed by atoms with Gasteiger partial charge in [-0.2, -0.15) is 4.31 Å². The third-order valence-electron chi connectivity index (χ3n) is 4.48. The Bertz CT molecular complexity index is 600. The van der Waals surface area contributed by atoms with Crippen molar-refractivity contribution in [3.8, 4) is 0 Å². The van der Waals surface area contributed by atoms with Crippen LogP contribution in [0.2, 0.25) is 0 Å². The molecule has 8 heteroatoms. The third-order valence-corrected chi connectivity index (χ3v) is 6.78. The minimum Gasteiger partial charge on any atom is -0.314 e. The van der Waals surface area contributed by atoms with Crippen LogP contribution in [-0.2, 0) is 10.0 Å². The van der Waals surface area contributed by atoms with Crippen molar-refractivity contribution < 1.29 is 8.42 Å². The molecule has 2 aliphatic rings. The highest BCUT2D eigenvalue weighted by Crippen LogP contribution is 2.29. The number of nitrogens with zero attached hydrogens (tertiary/aromatic N) is 2. The molecule has 0 bridgehead atoms. The van der Waals surface area contributed by atoms with Crippen molar-refractivity contribution in [2.75, 3.05) is 19.6 Å². The lowest BCUT2D eigenvalue weighted by atomic mass is 9.89. The molecule has 2 saturated heterocycles. The topological polar surface area (TPSA) is 62.3 Å². The van der Waals surface area contributed by atoms with E-state index in [4.69, 9.17) is 0 Å². The summed E-state index contributed by atoms with van der Waals surface area (Å²) in [5.41, 5.74) is 0. The van der Waals surface area contributed by atoms with Crippen LogP contribution in [0.25, 0.3) is 0 Å². The Labute approximate surface area is 146 Å². The summed E-state index contributed by atoms with van der Waals surface area (Å²) in [6.07, 6.45) is 7.37. The fraction of sp³-hybridized carbons (Fsp3) is 0.643. The van der Waals surface area contributed by atoms with Crippen molar-refractivity contribution in [1.29, 1.82) is 0 Å². The largest absolute Gasteiger partial charge is 0.314 e. The lowest BCUT2D eigenvalue weighted by Crippen LogP contribution is -2.43. The van der Waals surface area contributed by atoms with E-state index in [2.05, 4.69) is 26.2 Å². The Morgan fingerprint density at radius 3 is 2.55 bits per heavy atom. The number of pyridine rings is 1. The van der Waals surface area contributed by atoms with Gasteiger partial charge in [-0.25, -0.2) is 8.42 Å². The predicted molar refractivity (Wildman–Crippen MR) is 91.7 cm³/mol. The van der Waals surface area contributed by atoms with Gasteiger partial charge in [0.25, 0.3) is 0 Å². The van der Waals surface area contributed by atoms with Crippen LogP contribution in [0, 0.1) is 5.92 Å². The summed E-state index contributed by atoms with van der Waals surface area (Å²) in [6, 6.07) is 2.20. The number of aromatic nitrogens is 1. The SMILES string of the molecule is Cl.O=S(=O)(c1cncc(Br)c1)N1CCC(C2CCCN2)CC1. The second kappa shape index (κ2) is 7.57. The van der Waals surface area contributed by atoms with E-state index in [-0.39, 0.29) is 17.3 Å². The van der Waals surface area contributed by atoms with E-state index < -0.39 is 10.0 Å². The molecule has 0 spiro atoms. The minimum atomic E-state index is -3.41. The first-order valence-corrected chi connectivity index (χ1v) is 9.65. The smallest absolute Gasteiger partial charge is 0.244 e. The maximum absolute atomic E-state index is 12.6. The zero-order chi connectivity index (χ0) is 14.9. The van der Waals surface area contributed by atoms with Crippen molar-refractivity contribution >= 4 is 38.4 Å². The molecule has 0 amide bonds. The van der Waals surface area contributed by atoms with Crippen LogP contribution in [0.5, 0.6) is 0 Å². The minimum absolute atomic E-state index is 0. The average molecular weight is 411 g/mol. The quantitative estimate of drug-likeness (QED) is 0.831. The lowest BCUT2D eigenvalue weighted by molar-refractivity contribution is 0.234. The van der Waals surface area contributed by atoms with Gasteiger partial charge < -0.3 is 5.32 Å². The number of sulfonamides is 1. The van der Waals surface area contributed by atoms with Gasteiger partial charge in [-0.3, -0.25) is 4.98 Å². The molecular weight excluding hydrogens is 390 g/mol. The molecule has 0 radical (unpaired) electrons. The molecule has 0 aliphatic carbocycles. The molecular formula is C14H21BrClN3O2S. The Morgan fingerprint density at radius 1 is 1.23 bits per heavy atom. The number of hydrogen-bond acceptors (Lipinski definition) is 4. The molecule has 2 fully saturated rings. The normalized spacial score (nSPS) is 24.1. The monoisotopic (exact) mass is 409 g/mol. The number of rotatable bonds is 3. The van der Waals surface area contributed by atoms with Gasteiger partial charge in [0.1, 0.15) is 4.90 Å². The third kappa shape index (κ3) is 3.82. The summed E-state index contributed by atoms with van der Waals surface area (Å²) in [7, 11) is -3.41. The van der Waals surface area contributed by atoms with Crippen molar-refractivity contribution in [3.05, 3.63) is 22.9 Å². The van der Waals surface area contributed by atoms with Gasteiger partial charge in [-0.05, 0) is 60.1 Å². The van der Waals surface area contributed by atoms with E-state index >= 15 is 0 Å². The predicted octanol–water partition coefficient (Wildman–Crippen LogP) is 2.42. The fourth-order valence-electron chi connectivity index (χ4n) is 3.31. The van der Waals surface area contributed by atoms with Crippen LogP contribution in [0.15, 0.2) is 27.8 Å². The molecule has 3 heterocycles. The average Bonchev–Trinajstić information content (AvgIpc) is 3.02. The molecule has 1 atom stereocenters. The summed E-state index contributed by atoms with van der Waals surface area (Å²) < 4.78 is 27.5. The highest BCUT2D eigenvalue weighted by atomic mass is 79.9. The van der Waals surface area contributed by atoms with E-state index in [1.54, 1.807) is 16.6 Å². The fourth-order valence-corrected chi connectivity index (χ4v) is 5.29. The van der Waals surface area contributed by atoms with E-state index in [9.17, 15) is 8.42 Å². The highest BCUT2D eigenvalue weighted by molar-refractivity contribution is 9.10. The van der Waals surface area contributed by atoms with E-state index in [1.807, 2.05) is 0 Å². The summed E-state index contributed by atoms with van der Waals surface area (Å²) in [5, 5.41) is 3.53. The molecule has 0 saturated carbocycles. The number of nitrogens with one attached hydrogen (secondary N) is 1. The van der Waals surface area contributed by atoms with Gasteiger partial charge in [-0.15, -0.1) is 12.4 Å². The first kappa shape index (κ1) is 18.1. The van der Waals surface area contributed by atoms with Gasteiger partial charge in [0.2, 0.25) is 10.0 Å². The zero-order valence-electron chi connectivity index (χ0n) is 12.2. The van der Waals surface area contributed by atoms with Crippen LogP contribution in [0.4, 0.5) is 0 Å². The molecule has 1 aromatic heterocycles. The number of piperidine rings is 1. The first-order chi connectivity index (χ1) is 10.1. The maximum atomic E-state index is 12.6. The number of hydrogen-bond donors (Lipinski definition) is 1. The van der Waals surface area contributed by atoms with Crippen LogP contribution in [0.3, 0.4) is 0 Å². The molecule has 1 N–H and O–H groups in total. The first-order valence-electron chi connectivity index (χ1n) is 7.41. The van der Waals surface area contributed by atoms with Crippen LogP contribution < -0.4 is 5.32 Å². The van der Waals surface area contributed by atoms with Crippen LogP contribution in [-0.4, -0.2) is 43.4 Å². The molecule has 0 aromatic carbocycles. The second-order valence-electron chi connectivity index (χ2n) is 5.78. The Kier molecular flexibility index (Phi) is 6.24. The van der Waals surface area contributed by atoms with Gasteiger partial charge in [-0.1, -0.05) is 0 Å². The molecule has 5 nitrogen and oxygen atoms in total. The van der Waals surface area contributed by atoms with Crippen molar-refractivity contribution in [3.63, 3.8) is 0 Å². The molecule has 124 valence electrons. The summed E-state index contributed by atoms with van der Waals surface area (Å²) >= 11 is 3.28. The Balaban J connectivity index is 0.00000176. The van der Waals surface area contributed by atoms with E-state index in [1.165, 1.54) is 19.0 Å². The molecule has 22 heavy (non-hydrogen) atoms. The zero-order valence-corrected chi connectivity index (χ0v) is 15.5. The molecule has 1 unspecified atom stereocenters. The summed E-state index contributed by atoms with van der Waals surface area (Å²) in [5.74, 6) is 0.611. The van der Waals surface area contributed by atoms with Crippen molar-refractivity contribution in [1.82, 2.24) is 14.6 Å².